The molecule has 18 heavy (non-hydrogen) atoms. The standard InChI is InChI=1S/C12H18N4OS/c1-2-9-8-16(6-7-18-9)11-5-3-4-10(14-11)12(13)15-17/h3-5,9,17H,2,6-8H2,1H3,(H2,13,15). The second kappa shape index (κ2) is 5.95. The quantitative estimate of drug-likeness (QED) is 0.375. The van der Waals surface area contributed by atoms with Crippen LogP contribution in [0.1, 0.15) is 19.0 Å². The number of anilines is 1. The van der Waals surface area contributed by atoms with E-state index in [1.807, 2.05) is 23.9 Å². The summed E-state index contributed by atoms with van der Waals surface area (Å²) in [5.41, 5.74) is 6.08. The number of pyridine rings is 1. The van der Waals surface area contributed by atoms with Crippen molar-refractivity contribution >= 4 is 23.4 Å². The molecular formula is C12H18N4OS. The minimum Gasteiger partial charge on any atom is -0.409 e. The van der Waals surface area contributed by atoms with Crippen molar-refractivity contribution in [2.45, 2.75) is 18.6 Å². The third-order valence-corrected chi connectivity index (χ3v) is 4.39. The summed E-state index contributed by atoms with van der Waals surface area (Å²) >= 11 is 2.02. The van der Waals surface area contributed by atoms with E-state index in [2.05, 4.69) is 22.0 Å². The van der Waals surface area contributed by atoms with Crippen LogP contribution in [0.15, 0.2) is 23.4 Å². The third kappa shape index (κ3) is 2.87. The lowest BCUT2D eigenvalue weighted by atomic mass is 10.2. The van der Waals surface area contributed by atoms with E-state index in [1.54, 1.807) is 6.07 Å². The molecule has 0 aliphatic carbocycles. The van der Waals surface area contributed by atoms with Crippen LogP contribution in [-0.2, 0) is 0 Å². The fraction of sp³-hybridized carbons (Fsp3) is 0.500. The summed E-state index contributed by atoms with van der Waals surface area (Å²) in [5.74, 6) is 2.07. The first-order valence-electron chi connectivity index (χ1n) is 6.06. The molecule has 0 saturated carbocycles. The lowest BCUT2D eigenvalue weighted by Gasteiger charge is -2.32. The van der Waals surface area contributed by atoms with Gasteiger partial charge in [-0.15, -0.1) is 0 Å². The summed E-state index contributed by atoms with van der Waals surface area (Å²) < 4.78 is 0. The number of oxime groups is 1. The molecule has 2 rings (SSSR count). The Morgan fingerprint density at radius 1 is 1.67 bits per heavy atom. The lowest BCUT2D eigenvalue weighted by molar-refractivity contribution is 0.318. The van der Waals surface area contributed by atoms with Crippen LogP contribution in [0.3, 0.4) is 0 Å². The van der Waals surface area contributed by atoms with Crippen LogP contribution in [0.5, 0.6) is 0 Å². The maximum Gasteiger partial charge on any atom is 0.188 e. The number of rotatable bonds is 3. The average Bonchev–Trinajstić information content (AvgIpc) is 2.46. The topological polar surface area (TPSA) is 74.7 Å². The first-order chi connectivity index (χ1) is 8.74. The molecule has 1 aliphatic heterocycles. The van der Waals surface area contributed by atoms with Crippen LogP contribution < -0.4 is 10.6 Å². The van der Waals surface area contributed by atoms with Crippen molar-refractivity contribution in [3.63, 3.8) is 0 Å². The predicted molar refractivity (Wildman–Crippen MR) is 75.5 cm³/mol. The second-order valence-corrected chi connectivity index (χ2v) is 5.62. The van der Waals surface area contributed by atoms with Gasteiger partial charge in [0, 0.05) is 24.1 Å². The van der Waals surface area contributed by atoms with Crippen LogP contribution in [0.4, 0.5) is 5.82 Å². The van der Waals surface area contributed by atoms with Crippen molar-refractivity contribution in [2.24, 2.45) is 10.9 Å². The van der Waals surface area contributed by atoms with Gasteiger partial charge in [0.2, 0.25) is 0 Å². The van der Waals surface area contributed by atoms with Gasteiger partial charge in [-0.05, 0) is 18.6 Å². The van der Waals surface area contributed by atoms with Crippen LogP contribution in [0.25, 0.3) is 0 Å². The molecular weight excluding hydrogens is 248 g/mol. The Morgan fingerprint density at radius 3 is 3.22 bits per heavy atom. The van der Waals surface area contributed by atoms with E-state index in [0.29, 0.717) is 10.9 Å². The fourth-order valence-corrected chi connectivity index (χ4v) is 3.15. The number of aromatic nitrogens is 1. The molecule has 98 valence electrons. The maximum absolute atomic E-state index is 8.68. The molecule has 0 bridgehead atoms. The number of hydrogen-bond donors (Lipinski definition) is 2. The van der Waals surface area contributed by atoms with Gasteiger partial charge in [-0.25, -0.2) is 4.98 Å². The zero-order valence-electron chi connectivity index (χ0n) is 10.4. The minimum atomic E-state index is 0.0512. The summed E-state index contributed by atoms with van der Waals surface area (Å²) in [6, 6.07) is 5.60. The summed E-state index contributed by atoms with van der Waals surface area (Å²) in [6.07, 6.45) is 1.17. The highest BCUT2D eigenvalue weighted by Gasteiger charge is 2.20. The molecule has 6 heteroatoms. The number of nitrogens with zero attached hydrogens (tertiary/aromatic N) is 3. The van der Waals surface area contributed by atoms with Crippen molar-refractivity contribution in [2.75, 3.05) is 23.7 Å². The minimum absolute atomic E-state index is 0.0512. The summed E-state index contributed by atoms with van der Waals surface area (Å²) in [6.45, 7) is 4.21. The highest BCUT2D eigenvalue weighted by molar-refractivity contribution is 8.00. The largest absolute Gasteiger partial charge is 0.409 e. The Kier molecular flexibility index (Phi) is 4.30. The molecule has 0 amide bonds. The summed E-state index contributed by atoms with van der Waals surface area (Å²) in [4.78, 5) is 6.70. The SMILES string of the molecule is CCC1CN(c2cccc(/C(N)=N/O)n2)CCS1. The van der Waals surface area contributed by atoms with E-state index >= 15 is 0 Å². The molecule has 1 aromatic rings. The van der Waals surface area contributed by atoms with Crippen molar-refractivity contribution in [3.05, 3.63) is 23.9 Å². The van der Waals surface area contributed by atoms with Crippen LogP contribution >= 0.6 is 11.8 Å². The van der Waals surface area contributed by atoms with Crippen LogP contribution in [0.2, 0.25) is 0 Å². The third-order valence-electron chi connectivity index (χ3n) is 3.02. The molecule has 5 nitrogen and oxygen atoms in total. The van der Waals surface area contributed by atoms with Crippen molar-refractivity contribution < 1.29 is 5.21 Å². The molecule has 0 spiro atoms. The first kappa shape index (κ1) is 13.0. The van der Waals surface area contributed by atoms with Gasteiger partial charge in [0.15, 0.2) is 5.84 Å². The number of nitrogens with two attached hydrogens (primary N) is 1. The normalized spacial score (nSPS) is 21.1. The highest BCUT2D eigenvalue weighted by Crippen LogP contribution is 2.24. The van der Waals surface area contributed by atoms with E-state index in [0.717, 1.165) is 24.7 Å². The smallest absolute Gasteiger partial charge is 0.188 e. The fourth-order valence-electron chi connectivity index (χ4n) is 1.97. The van der Waals surface area contributed by atoms with Gasteiger partial charge < -0.3 is 15.8 Å². The van der Waals surface area contributed by atoms with E-state index in [-0.39, 0.29) is 5.84 Å². The lowest BCUT2D eigenvalue weighted by Crippen LogP contribution is -2.38. The van der Waals surface area contributed by atoms with Gasteiger partial charge in [-0.2, -0.15) is 11.8 Å². The van der Waals surface area contributed by atoms with Gasteiger partial charge in [-0.1, -0.05) is 18.1 Å². The van der Waals surface area contributed by atoms with Gasteiger partial charge in [0.05, 0.1) is 0 Å². The number of amidine groups is 1. The van der Waals surface area contributed by atoms with Crippen molar-refractivity contribution in [1.82, 2.24) is 4.98 Å². The van der Waals surface area contributed by atoms with E-state index in [9.17, 15) is 0 Å². The Labute approximate surface area is 111 Å². The first-order valence-corrected chi connectivity index (χ1v) is 7.11. The van der Waals surface area contributed by atoms with E-state index < -0.39 is 0 Å². The average molecular weight is 266 g/mol. The molecule has 0 aromatic carbocycles. The molecule has 1 atom stereocenters. The Bertz CT molecular complexity index is 438. The Hall–Kier alpha value is -1.43. The van der Waals surface area contributed by atoms with Crippen molar-refractivity contribution in [3.8, 4) is 0 Å². The predicted octanol–water partition coefficient (Wildman–Crippen LogP) is 1.51. The van der Waals surface area contributed by atoms with Gasteiger partial charge in [0.1, 0.15) is 11.5 Å². The molecule has 3 N–H and O–H groups in total. The van der Waals surface area contributed by atoms with Gasteiger partial charge >= 0.3 is 0 Å². The van der Waals surface area contributed by atoms with Gasteiger partial charge in [0.25, 0.3) is 0 Å². The van der Waals surface area contributed by atoms with Crippen LogP contribution in [0, 0.1) is 0 Å². The van der Waals surface area contributed by atoms with E-state index in [1.165, 1.54) is 6.42 Å². The summed E-state index contributed by atoms with van der Waals surface area (Å²) in [7, 11) is 0. The Morgan fingerprint density at radius 2 is 2.50 bits per heavy atom. The summed E-state index contributed by atoms with van der Waals surface area (Å²) in [5, 5.41) is 12.3. The molecule has 1 aromatic heterocycles. The molecule has 1 fully saturated rings. The Balaban J connectivity index is 2.17. The maximum atomic E-state index is 8.68. The molecule has 0 radical (unpaired) electrons. The monoisotopic (exact) mass is 266 g/mol. The van der Waals surface area contributed by atoms with Gasteiger partial charge in [-0.3, -0.25) is 0 Å². The number of hydrogen-bond acceptors (Lipinski definition) is 5. The van der Waals surface area contributed by atoms with Crippen LogP contribution in [-0.4, -0.2) is 40.1 Å². The molecule has 2 heterocycles. The molecule has 1 unspecified atom stereocenters. The molecule has 1 saturated heterocycles. The van der Waals surface area contributed by atoms with E-state index in [4.69, 9.17) is 10.9 Å². The second-order valence-electron chi connectivity index (χ2n) is 4.21. The zero-order chi connectivity index (χ0) is 13.0. The molecule has 1 aliphatic rings. The highest BCUT2D eigenvalue weighted by atomic mass is 32.2. The van der Waals surface area contributed by atoms with Crippen molar-refractivity contribution in [1.29, 1.82) is 0 Å². The number of thioether (sulfide) groups is 1. The zero-order valence-corrected chi connectivity index (χ0v) is 11.2.